The van der Waals surface area contributed by atoms with E-state index in [1.54, 1.807) is 0 Å². The molecule has 0 unspecified atom stereocenters. The van der Waals surface area contributed by atoms with Gasteiger partial charge in [0.05, 0.1) is 0 Å². The fourth-order valence-electron chi connectivity index (χ4n) is 1.30. The largest absolute Gasteiger partial charge is 0.371 e. The van der Waals surface area contributed by atoms with E-state index in [1.165, 1.54) is 19.3 Å². The summed E-state index contributed by atoms with van der Waals surface area (Å²) in [5.41, 5.74) is 2.67. The van der Waals surface area contributed by atoms with Crippen LogP contribution >= 0.6 is 0 Å². The molecule has 0 aromatic heterocycles. The van der Waals surface area contributed by atoms with Crippen molar-refractivity contribution in [3.63, 3.8) is 0 Å². The van der Waals surface area contributed by atoms with E-state index in [2.05, 4.69) is 12.4 Å². The van der Waals surface area contributed by atoms with Gasteiger partial charge in [0.15, 0.2) is 0 Å². The van der Waals surface area contributed by atoms with Crippen LogP contribution < -0.4 is 5.48 Å². The number of aldehydes is 1. The van der Waals surface area contributed by atoms with E-state index in [9.17, 15) is 9.59 Å². The lowest BCUT2D eigenvalue weighted by Gasteiger charge is -2.04. The van der Waals surface area contributed by atoms with E-state index >= 15 is 0 Å². The number of hydrogen-bond acceptors (Lipinski definition) is 4. The lowest BCUT2D eigenvalue weighted by Crippen LogP contribution is -2.20. The fourth-order valence-corrected chi connectivity index (χ4v) is 1.30. The first-order valence-electron chi connectivity index (χ1n) is 6.17. The first kappa shape index (κ1) is 15.1. The van der Waals surface area contributed by atoms with Crippen LogP contribution in [-0.2, 0) is 14.4 Å². The Balaban J connectivity index is 3.14. The van der Waals surface area contributed by atoms with Crippen LogP contribution in [-0.4, -0.2) is 18.8 Å². The fraction of sp³-hybridized carbons (Fsp3) is 0.833. The number of unbranched alkanes of at least 4 members (excludes halogenated alkanes) is 5. The first-order valence-corrected chi connectivity index (χ1v) is 6.17. The lowest BCUT2D eigenvalue weighted by molar-refractivity contribution is -0.151. The smallest absolute Gasteiger partial charge is 0.324 e. The van der Waals surface area contributed by atoms with E-state index in [-0.39, 0.29) is 5.97 Å². The van der Waals surface area contributed by atoms with Crippen molar-refractivity contribution in [2.24, 2.45) is 0 Å². The van der Waals surface area contributed by atoms with E-state index in [4.69, 9.17) is 4.84 Å². The maximum Gasteiger partial charge on any atom is 0.324 e. The summed E-state index contributed by atoms with van der Waals surface area (Å²) in [5, 5.41) is 0. The molecule has 0 spiro atoms. The highest BCUT2D eigenvalue weighted by atomic mass is 16.7. The molecule has 0 rings (SSSR count). The normalized spacial score (nSPS) is 10.1. The van der Waals surface area contributed by atoms with Gasteiger partial charge in [0, 0.05) is 19.4 Å². The van der Waals surface area contributed by atoms with Gasteiger partial charge in [-0.15, -0.1) is 0 Å². The summed E-state index contributed by atoms with van der Waals surface area (Å²) in [4.78, 5) is 26.0. The highest BCUT2D eigenvalue weighted by Gasteiger charge is 2.01. The molecule has 16 heavy (non-hydrogen) atoms. The molecule has 0 saturated carbocycles. The highest BCUT2D eigenvalue weighted by Crippen LogP contribution is 2.00. The Labute approximate surface area is 97.7 Å². The monoisotopic (exact) mass is 229 g/mol. The predicted octanol–water partition coefficient (Wildman–Crippen LogP) is 2.37. The summed E-state index contributed by atoms with van der Waals surface area (Å²) < 4.78 is 0. The Morgan fingerprint density at radius 3 is 2.69 bits per heavy atom. The molecule has 0 aromatic rings. The topological polar surface area (TPSA) is 55.4 Å². The molecule has 0 fully saturated rings. The van der Waals surface area contributed by atoms with Gasteiger partial charge >= 0.3 is 5.97 Å². The van der Waals surface area contributed by atoms with Crippen molar-refractivity contribution >= 4 is 12.3 Å². The van der Waals surface area contributed by atoms with Crippen LogP contribution in [0.5, 0.6) is 0 Å². The third-order valence-electron chi connectivity index (χ3n) is 2.27. The molecule has 0 aromatic carbocycles. The third kappa shape index (κ3) is 11.2. The SMILES string of the molecule is CCCCCCNOC(=O)CCCCC=O. The quantitative estimate of drug-likeness (QED) is 0.336. The van der Waals surface area contributed by atoms with E-state index in [0.717, 1.165) is 32.1 Å². The molecule has 0 aliphatic carbocycles. The van der Waals surface area contributed by atoms with E-state index in [1.807, 2.05) is 0 Å². The van der Waals surface area contributed by atoms with Crippen molar-refractivity contribution in [1.29, 1.82) is 0 Å². The van der Waals surface area contributed by atoms with Crippen molar-refractivity contribution < 1.29 is 14.4 Å². The van der Waals surface area contributed by atoms with E-state index < -0.39 is 0 Å². The Kier molecular flexibility index (Phi) is 11.5. The number of hydrogen-bond donors (Lipinski definition) is 1. The van der Waals surface area contributed by atoms with Crippen LogP contribution in [0.2, 0.25) is 0 Å². The Bertz CT molecular complexity index is 183. The average molecular weight is 229 g/mol. The summed E-state index contributed by atoms with van der Waals surface area (Å²) in [6.45, 7) is 2.88. The molecule has 4 heteroatoms. The van der Waals surface area contributed by atoms with Gasteiger partial charge < -0.3 is 9.63 Å². The second-order valence-electron chi connectivity index (χ2n) is 3.84. The number of hydroxylamine groups is 1. The number of nitrogens with one attached hydrogen (secondary N) is 1. The highest BCUT2D eigenvalue weighted by molar-refractivity contribution is 5.68. The first-order chi connectivity index (χ1) is 7.81. The number of carbonyl (C=O) groups excluding carboxylic acids is 2. The van der Waals surface area contributed by atoms with Gasteiger partial charge in [0.2, 0.25) is 0 Å². The summed E-state index contributed by atoms with van der Waals surface area (Å²) in [6, 6.07) is 0. The minimum absolute atomic E-state index is 0.235. The molecule has 0 bridgehead atoms. The third-order valence-corrected chi connectivity index (χ3v) is 2.27. The van der Waals surface area contributed by atoms with Crippen LogP contribution in [0.4, 0.5) is 0 Å². The molecular formula is C12H23NO3. The van der Waals surface area contributed by atoms with Crippen molar-refractivity contribution in [3.8, 4) is 0 Å². The van der Waals surface area contributed by atoms with Crippen molar-refractivity contribution in [3.05, 3.63) is 0 Å². The van der Waals surface area contributed by atoms with Crippen LogP contribution in [0.1, 0.15) is 58.3 Å². The van der Waals surface area contributed by atoms with E-state index in [0.29, 0.717) is 12.8 Å². The summed E-state index contributed by atoms with van der Waals surface area (Å²) in [7, 11) is 0. The van der Waals surface area contributed by atoms with Gasteiger partial charge in [-0.25, -0.2) is 0 Å². The molecule has 0 atom stereocenters. The Hall–Kier alpha value is -0.900. The second-order valence-corrected chi connectivity index (χ2v) is 3.84. The predicted molar refractivity (Wildman–Crippen MR) is 62.8 cm³/mol. The van der Waals surface area contributed by atoms with Crippen molar-refractivity contribution in [1.82, 2.24) is 5.48 Å². The minimum Gasteiger partial charge on any atom is -0.371 e. The van der Waals surface area contributed by atoms with Gasteiger partial charge in [-0.05, 0) is 19.3 Å². The zero-order valence-electron chi connectivity index (χ0n) is 10.2. The van der Waals surface area contributed by atoms with Crippen LogP contribution in [0.15, 0.2) is 0 Å². The number of rotatable bonds is 11. The van der Waals surface area contributed by atoms with Crippen molar-refractivity contribution in [2.45, 2.75) is 58.3 Å². The van der Waals surface area contributed by atoms with Gasteiger partial charge in [0.1, 0.15) is 6.29 Å². The van der Waals surface area contributed by atoms with Crippen LogP contribution in [0.25, 0.3) is 0 Å². The molecule has 4 nitrogen and oxygen atoms in total. The van der Waals surface area contributed by atoms with Gasteiger partial charge in [-0.3, -0.25) is 4.79 Å². The molecule has 0 aliphatic heterocycles. The zero-order valence-corrected chi connectivity index (χ0v) is 10.2. The lowest BCUT2D eigenvalue weighted by atomic mass is 10.2. The molecule has 0 amide bonds. The van der Waals surface area contributed by atoms with Crippen molar-refractivity contribution in [2.75, 3.05) is 6.54 Å². The maximum atomic E-state index is 11.1. The van der Waals surface area contributed by atoms with Gasteiger partial charge in [0.25, 0.3) is 0 Å². The van der Waals surface area contributed by atoms with Gasteiger partial charge in [-0.2, -0.15) is 5.48 Å². The second kappa shape index (κ2) is 12.2. The molecule has 1 N–H and O–H groups in total. The van der Waals surface area contributed by atoms with Gasteiger partial charge in [-0.1, -0.05) is 26.2 Å². The van der Waals surface area contributed by atoms with Crippen LogP contribution in [0, 0.1) is 0 Å². The molecule has 0 aliphatic rings. The molecule has 0 heterocycles. The molecular weight excluding hydrogens is 206 g/mol. The maximum absolute atomic E-state index is 11.1. The average Bonchev–Trinajstić information content (AvgIpc) is 2.29. The summed E-state index contributed by atoms with van der Waals surface area (Å²) in [6.07, 6.45) is 7.89. The minimum atomic E-state index is -0.235. The Morgan fingerprint density at radius 1 is 1.19 bits per heavy atom. The summed E-state index contributed by atoms with van der Waals surface area (Å²) in [5.74, 6) is -0.235. The Morgan fingerprint density at radius 2 is 2.00 bits per heavy atom. The zero-order chi connectivity index (χ0) is 12.1. The van der Waals surface area contributed by atoms with Crippen LogP contribution in [0.3, 0.4) is 0 Å². The molecule has 94 valence electrons. The standard InChI is InChI=1S/C12H23NO3/c1-2-3-4-7-10-13-16-12(15)9-6-5-8-11-14/h11,13H,2-10H2,1H3. The summed E-state index contributed by atoms with van der Waals surface area (Å²) >= 11 is 0. The molecule has 0 saturated heterocycles. The number of carbonyl (C=O) groups is 2. The molecule has 0 radical (unpaired) electrons.